The summed E-state index contributed by atoms with van der Waals surface area (Å²) in [6, 6.07) is 6.12. The zero-order valence-electron chi connectivity index (χ0n) is 9.04. The number of anilines is 3. The second-order valence-corrected chi connectivity index (χ2v) is 5.47. The summed E-state index contributed by atoms with van der Waals surface area (Å²) in [5, 5.41) is 3.20. The van der Waals surface area contributed by atoms with Crippen LogP contribution in [-0.2, 0) is 0 Å². The van der Waals surface area contributed by atoms with Crippen molar-refractivity contribution in [1.29, 1.82) is 0 Å². The molecule has 0 radical (unpaired) electrons. The molecule has 0 aliphatic rings. The van der Waals surface area contributed by atoms with E-state index in [1.165, 1.54) is 15.5 Å². The topological polar surface area (TPSA) is 63.8 Å². The molecular weight excluding hydrogens is 395 g/mol. The van der Waals surface area contributed by atoms with Crippen LogP contribution in [0.15, 0.2) is 29.0 Å². The van der Waals surface area contributed by atoms with E-state index in [2.05, 4.69) is 72.9 Å². The Hall–Kier alpha value is -0.890. The van der Waals surface area contributed by atoms with Gasteiger partial charge in [-0.1, -0.05) is 6.07 Å². The molecule has 1 aromatic heterocycles. The summed E-state index contributed by atoms with van der Waals surface area (Å²) >= 11 is 5.66. The van der Waals surface area contributed by atoms with E-state index in [1.54, 1.807) is 0 Å². The lowest BCUT2D eigenvalue weighted by Gasteiger charge is -2.09. The minimum absolute atomic E-state index is 0.421. The molecule has 0 bridgehead atoms. The Bertz CT molecular complexity index is 559. The SMILES string of the molecule is Cc1ccc(Nc2ncnc(N)c2Br)cc1I. The van der Waals surface area contributed by atoms with Gasteiger partial charge in [-0.25, -0.2) is 9.97 Å². The van der Waals surface area contributed by atoms with Crippen molar-refractivity contribution in [2.75, 3.05) is 11.1 Å². The molecule has 1 heterocycles. The quantitative estimate of drug-likeness (QED) is 0.752. The number of hydrogen-bond donors (Lipinski definition) is 2. The fourth-order valence-corrected chi connectivity index (χ4v) is 2.10. The normalized spacial score (nSPS) is 10.3. The largest absolute Gasteiger partial charge is 0.383 e. The Morgan fingerprint density at radius 3 is 2.82 bits per heavy atom. The van der Waals surface area contributed by atoms with Gasteiger partial charge in [0.2, 0.25) is 0 Å². The lowest BCUT2D eigenvalue weighted by Crippen LogP contribution is -2.00. The van der Waals surface area contributed by atoms with Gasteiger partial charge in [0.05, 0.1) is 0 Å². The van der Waals surface area contributed by atoms with Crippen LogP contribution in [-0.4, -0.2) is 9.97 Å². The van der Waals surface area contributed by atoms with Crippen LogP contribution < -0.4 is 11.1 Å². The summed E-state index contributed by atoms with van der Waals surface area (Å²) < 4.78 is 1.88. The summed E-state index contributed by atoms with van der Waals surface area (Å²) in [5.74, 6) is 1.08. The second kappa shape index (κ2) is 5.18. The molecule has 0 unspecified atom stereocenters. The number of nitrogen functional groups attached to an aromatic ring is 1. The highest BCUT2D eigenvalue weighted by molar-refractivity contribution is 14.1. The Labute approximate surface area is 121 Å². The van der Waals surface area contributed by atoms with Gasteiger partial charge in [-0.2, -0.15) is 0 Å². The van der Waals surface area contributed by atoms with E-state index in [9.17, 15) is 0 Å². The number of rotatable bonds is 2. The van der Waals surface area contributed by atoms with E-state index in [0.29, 0.717) is 16.1 Å². The third-order valence-corrected chi connectivity index (χ3v) is 4.20. The molecular formula is C11H10BrIN4. The maximum Gasteiger partial charge on any atom is 0.150 e. The Kier molecular flexibility index (Phi) is 3.82. The monoisotopic (exact) mass is 404 g/mol. The average molecular weight is 405 g/mol. The predicted molar refractivity (Wildman–Crippen MR) is 81.3 cm³/mol. The summed E-state index contributed by atoms with van der Waals surface area (Å²) in [7, 11) is 0. The molecule has 17 heavy (non-hydrogen) atoms. The number of hydrogen-bond acceptors (Lipinski definition) is 4. The highest BCUT2D eigenvalue weighted by Gasteiger charge is 2.06. The molecule has 6 heteroatoms. The third-order valence-electron chi connectivity index (χ3n) is 2.25. The van der Waals surface area contributed by atoms with E-state index >= 15 is 0 Å². The lowest BCUT2D eigenvalue weighted by atomic mass is 10.2. The number of aryl methyl sites for hydroxylation is 1. The first-order valence-corrected chi connectivity index (χ1v) is 6.74. The van der Waals surface area contributed by atoms with Gasteiger partial charge in [0.1, 0.15) is 22.4 Å². The van der Waals surface area contributed by atoms with Crippen molar-refractivity contribution in [2.45, 2.75) is 6.92 Å². The fraction of sp³-hybridized carbons (Fsp3) is 0.0909. The molecule has 0 amide bonds. The summed E-state index contributed by atoms with van der Waals surface area (Å²) in [6.07, 6.45) is 1.43. The summed E-state index contributed by atoms with van der Waals surface area (Å²) in [4.78, 5) is 8.03. The van der Waals surface area contributed by atoms with Crippen molar-refractivity contribution in [3.8, 4) is 0 Å². The highest BCUT2D eigenvalue weighted by atomic mass is 127. The lowest BCUT2D eigenvalue weighted by molar-refractivity contribution is 1.16. The highest BCUT2D eigenvalue weighted by Crippen LogP contribution is 2.27. The van der Waals surface area contributed by atoms with Gasteiger partial charge in [0, 0.05) is 9.26 Å². The average Bonchev–Trinajstić information content (AvgIpc) is 2.30. The predicted octanol–water partition coefficient (Wildman–Crippen LogP) is 3.48. The number of nitrogens with zero attached hydrogens (tertiary/aromatic N) is 2. The maximum atomic E-state index is 5.69. The zero-order valence-corrected chi connectivity index (χ0v) is 12.8. The smallest absolute Gasteiger partial charge is 0.150 e. The number of halogens is 2. The van der Waals surface area contributed by atoms with Crippen molar-refractivity contribution < 1.29 is 0 Å². The van der Waals surface area contributed by atoms with Gasteiger partial charge >= 0.3 is 0 Å². The number of benzene rings is 1. The minimum Gasteiger partial charge on any atom is -0.383 e. The Balaban J connectivity index is 2.31. The molecule has 1 aromatic carbocycles. The molecule has 0 spiro atoms. The van der Waals surface area contributed by atoms with E-state index in [0.717, 1.165) is 5.69 Å². The molecule has 3 N–H and O–H groups in total. The second-order valence-electron chi connectivity index (χ2n) is 3.51. The van der Waals surface area contributed by atoms with Crippen LogP contribution in [0, 0.1) is 10.5 Å². The third kappa shape index (κ3) is 2.86. The molecule has 0 saturated carbocycles. The van der Waals surface area contributed by atoms with E-state index in [1.807, 2.05) is 6.07 Å². The van der Waals surface area contributed by atoms with Crippen molar-refractivity contribution >= 4 is 55.8 Å². The van der Waals surface area contributed by atoms with Crippen molar-refractivity contribution in [3.63, 3.8) is 0 Å². The van der Waals surface area contributed by atoms with Crippen molar-refractivity contribution in [1.82, 2.24) is 9.97 Å². The first kappa shape index (κ1) is 12.6. The molecule has 2 aromatic rings. The molecule has 0 aliphatic heterocycles. The summed E-state index contributed by atoms with van der Waals surface area (Å²) in [5.41, 5.74) is 7.91. The van der Waals surface area contributed by atoms with Crippen LogP contribution in [0.25, 0.3) is 0 Å². The number of nitrogens with two attached hydrogens (primary N) is 1. The van der Waals surface area contributed by atoms with E-state index in [4.69, 9.17) is 5.73 Å². The molecule has 0 saturated heterocycles. The van der Waals surface area contributed by atoms with Gasteiger partial charge in [0.25, 0.3) is 0 Å². The zero-order chi connectivity index (χ0) is 12.4. The molecule has 88 valence electrons. The van der Waals surface area contributed by atoms with Crippen molar-refractivity contribution in [3.05, 3.63) is 38.1 Å². The van der Waals surface area contributed by atoms with Crippen LogP contribution in [0.4, 0.5) is 17.3 Å². The molecule has 0 aliphatic carbocycles. The standard InChI is InChI=1S/C11H10BrIN4/c1-6-2-3-7(4-8(6)13)17-11-9(12)10(14)15-5-16-11/h2-5H,1H3,(H3,14,15,16,17). The molecule has 0 atom stereocenters. The Morgan fingerprint density at radius 2 is 2.12 bits per heavy atom. The minimum atomic E-state index is 0.421. The van der Waals surface area contributed by atoms with Crippen LogP contribution in [0.1, 0.15) is 5.56 Å². The van der Waals surface area contributed by atoms with Gasteiger partial charge in [-0.15, -0.1) is 0 Å². The molecule has 2 rings (SSSR count). The van der Waals surface area contributed by atoms with Gasteiger partial charge < -0.3 is 11.1 Å². The van der Waals surface area contributed by atoms with Gasteiger partial charge in [-0.3, -0.25) is 0 Å². The van der Waals surface area contributed by atoms with Crippen LogP contribution in [0.3, 0.4) is 0 Å². The first-order chi connectivity index (χ1) is 8.08. The van der Waals surface area contributed by atoms with Crippen molar-refractivity contribution in [2.24, 2.45) is 0 Å². The van der Waals surface area contributed by atoms with Gasteiger partial charge in [0.15, 0.2) is 0 Å². The van der Waals surface area contributed by atoms with Crippen LogP contribution in [0.2, 0.25) is 0 Å². The van der Waals surface area contributed by atoms with Gasteiger partial charge in [-0.05, 0) is 63.1 Å². The summed E-state index contributed by atoms with van der Waals surface area (Å²) in [6.45, 7) is 2.07. The Morgan fingerprint density at radius 1 is 1.35 bits per heavy atom. The fourth-order valence-electron chi connectivity index (χ4n) is 1.28. The van der Waals surface area contributed by atoms with Crippen LogP contribution in [0.5, 0.6) is 0 Å². The van der Waals surface area contributed by atoms with Crippen LogP contribution >= 0.6 is 38.5 Å². The maximum absolute atomic E-state index is 5.69. The number of nitrogens with one attached hydrogen (secondary N) is 1. The molecule has 0 fully saturated rings. The molecule has 4 nitrogen and oxygen atoms in total. The van der Waals surface area contributed by atoms with E-state index < -0.39 is 0 Å². The first-order valence-electron chi connectivity index (χ1n) is 4.87. The van der Waals surface area contributed by atoms with E-state index in [-0.39, 0.29) is 0 Å². The number of aromatic nitrogens is 2.